The number of unbranched alkanes of at least 4 members (excludes halogenated alkanes) is 20. The third-order valence-electron chi connectivity index (χ3n) is 8.31. The molecule has 0 heterocycles. The summed E-state index contributed by atoms with van der Waals surface area (Å²) in [4.78, 5) is 0. The van der Waals surface area contributed by atoms with E-state index in [4.69, 9.17) is 0 Å². The van der Waals surface area contributed by atoms with Crippen LogP contribution >= 0.6 is 19.5 Å². The van der Waals surface area contributed by atoms with Gasteiger partial charge < -0.3 is 0 Å². The Bertz CT molecular complexity index is 352. The number of hydrogen-bond acceptors (Lipinski definition) is 2. The molecule has 0 aliphatic heterocycles. The first-order valence-corrected chi connectivity index (χ1v) is 30.8. The van der Waals surface area contributed by atoms with E-state index in [1.54, 1.807) is 10.0 Å². The van der Waals surface area contributed by atoms with E-state index in [2.05, 4.69) is 47.2 Å². The average molecular weight is 582 g/mol. The van der Waals surface area contributed by atoms with Gasteiger partial charge in [0, 0.05) is 0 Å². The van der Waals surface area contributed by atoms with Crippen LogP contribution in [0.2, 0.25) is 10.0 Å². The first-order valence-electron chi connectivity index (χ1n) is 17.0. The quantitative estimate of drug-likeness (QED) is 0.0611. The van der Waals surface area contributed by atoms with Gasteiger partial charge in [0.15, 0.2) is 0 Å². The van der Waals surface area contributed by atoms with Crippen molar-refractivity contribution in [1.29, 1.82) is 0 Å². The van der Waals surface area contributed by atoms with Gasteiger partial charge in [-0.2, -0.15) is 0 Å². The van der Waals surface area contributed by atoms with Crippen LogP contribution in [-0.4, -0.2) is 11.5 Å². The Morgan fingerprint density at radius 2 is 0.571 bits per heavy atom. The molecule has 0 atom stereocenters. The van der Waals surface area contributed by atoms with E-state index in [-0.39, 0.29) is 0 Å². The molecule has 35 heavy (non-hydrogen) atoms. The molecule has 0 spiro atoms. The molecule has 0 saturated heterocycles. The molecule has 0 unspecified atom stereocenters. The second kappa shape index (κ2) is 29.9. The topological polar surface area (TPSA) is 0 Å². The molecule has 0 aromatic heterocycles. The van der Waals surface area contributed by atoms with Crippen LogP contribution in [0.5, 0.6) is 0 Å². The second-order valence-corrected chi connectivity index (χ2v) is 40.4. The Hall–Kier alpha value is 1.32. The van der Waals surface area contributed by atoms with Gasteiger partial charge in [0.05, 0.1) is 0 Å². The van der Waals surface area contributed by atoms with Gasteiger partial charge in [-0.3, -0.25) is 0 Å². The van der Waals surface area contributed by atoms with Gasteiger partial charge in [0.25, 0.3) is 0 Å². The smallest absolute Gasteiger partial charge is 0.0654 e. The predicted molar refractivity (Wildman–Crippen MR) is 168 cm³/mol. The summed E-state index contributed by atoms with van der Waals surface area (Å²) in [6.07, 6.45) is 35.3. The third-order valence-corrected chi connectivity index (χ3v) is 41.8. The zero-order valence-corrected chi connectivity index (χ0v) is 29.9. The van der Waals surface area contributed by atoms with E-state index in [0.717, 1.165) is 0 Å². The van der Waals surface area contributed by atoms with E-state index in [1.807, 2.05) is 0 Å². The van der Waals surface area contributed by atoms with Gasteiger partial charge >= 0.3 is 221 Å². The molecule has 3 heteroatoms. The summed E-state index contributed by atoms with van der Waals surface area (Å²) in [6.45, 7) is 9.46. The molecule has 0 N–H and O–H groups in total. The van der Waals surface area contributed by atoms with E-state index in [1.165, 1.54) is 166 Å². The van der Waals surface area contributed by atoms with Gasteiger partial charge in [-0.05, 0) is 0 Å². The fraction of sp³-hybridized carbons (Fsp3) is 1.00. The van der Waals surface area contributed by atoms with Gasteiger partial charge in [0.1, 0.15) is 0 Å². The second-order valence-electron chi connectivity index (χ2n) is 11.9. The molecule has 0 aromatic carbocycles. The molecular formula is C32H68S2Zn. The standard InChI is InChI=1S/2C12H26S.2C4H9.Zn/c2*1-2-3-4-5-6-7-8-9-10-11-12-13;2*1-3-4-2;/h2*13H,2-12H2,1H3;2*1,3-4H2,2H3;/q;;;;+2/p-2. The average Bonchev–Trinajstić information content (AvgIpc) is 2.87. The Morgan fingerprint density at radius 1 is 0.314 bits per heavy atom. The van der Waals surface area contributed by atoms with Crippen LogP contribution in [0.3, 0.4) is 0 Å². The van der Waals surface area contributed by atoms with Crippen LogP contribution in [0.25, 0.3) is 0 Å². The molecule has 0 bridgehead atoms. The molecule has 0 radical (unpaired) electrons. The first-order chi connectivity index (χ1) is 17.2. The van der Waals surface area contributed by atoms with Crippen molar-refractivity contribution in [2.24, 2.45) is 0 Å². The molecule has 0 aliphatic rings. The Balaban J connectivity index is 4.10. The number of hydrogen-bond donors (Lipinski definition) is 0. The first kappa shape index (κ1) is 36.3. The van der Waals surface area contributed by atoms with Crippen LogP contribution in [0.4, 0.5) is 0 Å². The summed E-state index contributed by atoms with van der Waals surface area (Å²) in [5.74, 6) is 2.99. The van der Waals surface area contributed by atoms with Gasteiger partial charge in [-0.15, -0.1) is 0 Å². The maximum absolute atomic E-state index is 2.59. The zero-order chi connectivity index (χ0) is 25.7. The number of rotatable bonds is 30. The minimum Gasteiger partial charge on any atom is -0.0654 e. The van der Waals surface area contributed by atoms with Crippen molar-refractivity contribution in [3.05, 3.63) is 0 Å². The Kier molecular flexibility index (Phi) is 31.0. The van der Waals surface area contributed by atoms with Crippen molar-refractivity contribution in [1.82, 2.24) is 0 Å². The molecule has 210 valence electrons. The van der Waals surface area contributed by atoms with Crippen LogP contribution in [0.15, 0.2) is 0 Å². The van der Waals surface area contributed by atoms with E-state index in [0.29, 0.717) is 0 Å². The van der Waals surface area contributed by atoms with Crippen LogP contribution in [-0.2, 0) is 12.3 Å². The fourth-order valence-electron chi connectivity index (χ4n) is 5.81. The SMILES string of the molecule is CCCCCCCCCCCC[S][Zn]([CH2]CCC)([CH2]CCC)[S]CCCCCCCCCCCC. The summed E-state index contributed by atoms with van der Waals surface area (Å²) in [6, 6.07) is 0. The summed E-state index contributed by atoms with van der Waals surface area (Å²) in [7, 11) is 5.18. The molecule has 0 aliphatic carbocycles. The molecule has 0 saturated carbocycles. The van der Waals surface area contributed by atoms with Gasteiger partial charge in [-0.25, -0.2) is 0 Å². The van der Waals surface area contributed by atoms with Crippen molar-refractivity contribution >= 4 is 19.5 Å². The van der Waals surface area contributed by atoms with Crippen LogP contribution in [0, 0.1) is 0 Å². The minimum atomic E-state index is -2.18. The van der Waals surface area contributed by atoms with E-state index in [9.17, 15) is 0 Å². The van der Waals surface area contributed by atoms with Gasteiger partial charge in [-0.1, -0.05) is 13.8 Å². The molecule has 0 rings (SSSR count). The predicted octanol–water partition coefficient (Wildman–Crippen LogP) is 13.7. The van der Waals surface area contributed by atoms with E-state index >= 15 is 0 Å². The van der Waals surface area contributed by atoms with Crippen molar-refractivity contribution in [3.63, 3.8) is 0 Å². The summed E-state index contributed by atoms with van der Waals surface area (Å²) < 4.78 is 0. The Labute approximate surface area is 234 Å². The minimum absolute atomic E-state index is 1.37. The van der Waals surface area contributed by atoms with Crippen molar-refractivity contribution < 1.29 is 12.3 Å². The maximum atomic E-state index is 2.59. The Morgan fingerprint density at radius 3 is 0.857 bits per heavy atom. The fourth-order valence-corrected chi connectivity index (χ4v) is 39.5. The summed E-state index contributed by atoms with van der Waals surface area (Å²) >= 11 is -2.18. The van der Waals surface area contributed by atoms with Crippen molar-refractivity contribution in [2.45, 2.75) is 192 Å². The van der Waals surface area contributed by atoms with Gasteiger partial charge in [0.2, 0.25) is 0 Å². The molecule has 0 nitrogen and oxygen atoms in total. The summed E-state index contributed by atoms with van der Waals surface area (Å²) in [5, 5.41) is 3.32. The zero-order valence-electron chi connectivity index (χ0n) is 25.3. The van der Waals surface area contributed by atoms with Crippen LogP contribution < -0.4 is 0 Å². The molecule has 0 amide bonds. The monoisotopic (exact) mass is 580 g/mol. The molecule has 0 aromatic rings. The summed E-state index contributed by atoms with van der Waals surface area (Å²) in [5.41, 5.74) is 0. The van der Waals surface area contributed by atoms with Crippen molar-refractivity contribution in [3.8, 4) is 0 Å². The van der Waals surface area contributed by atoms with Crippen molar-refractivity contribution in [2.75, 3.05) is 11.5 Å². The van der Waals surface area contributed by atoms with Crippen LogP contribution in [0.1, 0.15) is 182 Å². The third kappa shape index (κ3) is 25.4. The molecule has 0 fully saturated rings. The molecular weight excluding hydrogens is 514 g/mol. The normalized spacial score (nSPS) is 11.5. The van der Waals surface area contributed by atoms with E-state index < -0.39 is 12.3 Å².